The van der Waals surface area contributed by atoms with Crippen molar-refractivity contribution in [3.05, 3.63) is 71.8 Å². The fraction of sp³-hybridized carbons (Fsp3) is 0.333. The number of carbonyl (C=O) groups excluding carboxylic acids is 2. The van der Waals surface area contributed by atoms with Crippen LogP contribution in [0.15, 0.2) is 60.7 Å². The van der Waals surface area contributed by atoms with Gasteiger partial charge in [-0.15, -0.1) is 8.96 Å². The first kappa shape index (κ1) is 30.9. The number of amides is 2. The van der Waals surface area contributed by atoms with E-state index >= 15 is 0 Å². The molecule has 2 rings (SSSR count). The maximum absolute atomic E-state index is 11.9. The molecule has 2 N–H and O–H groups in total. The van der Waals surface area contributed by atoms with Crippen LogP contribution in [0.2, 0.25) is 0 Å². The van der Waals surface area contributed by atoms with E-state index in [1.807, 2.05) is 67.6 Å². The summed E-state index contributed by atoms with van der Waals surface area (Å²) >= 11 is 0. The fourth-order valence-electron chi connectivity index (χ4n) is 2.55. The van der Waals surface area contributed by atoms with Crippen LogP contribution in [0.5, 0.6) is 0 Å². The van der Waals surface area contributed by atoms with Gasteiger partial charge in [0.25, 0.3) is 11.8 Å². The zero-order valence-corrected chi connectivity index (χ0v) is 17.7. The second-order valence-electron chi connectivity index (χ2n) is 6.30. The molecule has 0 saturated heterocycles. The van der Waals surface area contributed by atoms with E-state index in [1.165, 1.54) is 5.54 Å². The number of carbonyl (C=O) groups is 2. The van der Waals surface area contributed by atoms with Crippen LogP contribution in [0.25, 0.3) is 0 Å². The van der Waals surface area contributed by atoms with Crippen molar-refractivity contribution in [1.29, 1.82) is 0 Å². The molecule has 0 saturated carbocycles. The number of rotatable bonds is 7. The van der Waals surface area contributed by atoms with Crippen LogP contribution >= 0.6 is 0 Å². The third-order valence-electron chi connectivity index (χ3n) is 4.21. The van der Waals surface area contributed by atoms with Gasteiger partial charge in [0, 0.05) is 87.3 Å². The molecule has 0 aliphatic rings. The molecule has 0 fully saturated rings. The minimum atomic E-state index is -0.566. The summed E-state index contributed by atoms with van der Waals surface area (Å²) in [4.78, 5) is 21.9. The Bertz CT molecular complexity index is 692. The van der Waals surface area contributed by atoms with E-state index in [0.717, 1.165) is 16.7 Å². The summed E-state index contributed by atoms with van der Waals surface area (Å²) in [5.74, 6) is -1.70. The molecule has 0 spiro atoms. The Balaban J connectivity index is 0. The van der Waals surface area contributed by atoms with Crippen LogP contribution in [0.1, 0.15) is 31.4 Å². The molecule has 0 unspecified atom stereocenters. The maximum atomic E-state index is 11.9. The van der Waals surface area contributed by atoms with Crippen molar-refractivity contribution in [3.8, 4) is 0 Å². The van der Waals surface area contributed by atoms with E-state index in [0.29, 0.717) is 19.3 Å². The Hall–Kier alpha value is -0.241. The summed E-state index contributed by atoms with van der Waals surface area (Å²) in [5, 5.41) is 0. The van der Waals surface area contributed by atoms with Crippen LogP contribution in [0, 0.1) is 87.3 Å². The first-order chi connectivity index (χ1) is 13.0. The molecule has 2 aromatic carbocycles. The van der Waals surface area contributed by atoms with E-state index in [9.17, 15) is 18.6 Å². The van der Waals surface area contributed by atoms with Gasteiger partial charge < -0.3 is 0 Å². The largest absolute Gasteiger partial charge is 0.272 e. The Kier molecular flexibility index (Phi) is 19.8. The van der Waals surface area contributed by atoms with Gasteiger partial charge in [0.1, 0.15) is 0 Å². The number of benzene rings is 2. The van der Waals surface area contributed by atoms with Crippen LogP contribution in [-0.4, -0.2) is 11.8 Å². The van der Waals surface area contributed by atoms with Crippen molar-refractivity contribution >= 4 is 11.8 Å². The molecule has 0 aliphatic carbocycles. The fourth-order valence-corrected chi connectivity index (χ4v) is 2.55. The minimum Gasteiger partial charge on any atom is -0.272 e. The summed E-state index contributed by atoms with van der Waals surface area (Å²) in [6.45, 7) is 3.57. The molecule has 0 aromatic heterocycles. The third kappa shape index (κ3) is 12.9. The summed E-state index contributed by atoms with van der Waals surface area (Å²) in [7, 11) is 0. The molecule has 8 heteroatoms. The van der Waals surface area contributed by atoms with E-state index in [4.69, 9.17) is 0 Å². The minimum absolute atomic E-state index is 0. The predicted octanol–water partition coefficient (Wildman–Crippen LogP) is 4.12. The summed E-state index contributed by atoms with van der Waals surface area (Å²) in [6.07, 6.45) is 1.80. The van der Waals surface area contributed by atoms with Crippen molar-refractivity contribution in [2.45, 2.75) is 33.1 Å². The smallest absolute Gasteiger partial charge is 0.251 e. The average Bonchev–Trinajstić information content (AvgIpc) is 2.72. The summed E-state index contributed by atoms with van der Waals surface area (Å²) < 4.78 is 23.7. The maximum Gasteiger partial charge on any atom is 0.251 e. The van der Waals surface area contributed by atoms with Gasteiger partial charge in [0.2, 0.25) is 0 Å². The summed E-state index contributed by atoms with van der Waals surface area (Å²) in [5.41, 5.74) is 4.44. The quantitative estimate of drug-likeness (QED) is 0.616. The molecular formula is C21H26Ar2F2N2O2. The van der Waals surface area contributed by atoms with Gasteiger partial charge in [0.05, 0.1) is 0 Å². The van der Waals surface area contributed by atoms with Gasteiger partial charge in [-0.05, 0) is 30.4 Å². The van der Waals surface area contributed by atoms with Crippen LogP contribution in [-0.2, 0) is 22.4 Å². The third-order valence-corrected chi connectivity index (χ3v) is 4.21. The van der Waals surface area contributed by atoms with Crippen LogP contribution in [0.3, 0.4) is 0 Å². The van der Waals surface area contributed by atoms with Gasteiger partial charge in [-0.2, -0.15) is 11.1 Å². The average molecular weight is 456 g/mol. The van der Waals surface area contributed by atoms with Gasteiger partial charge in [-0.25, -0.2) is 0 Å². The van der Waals surface area contributed by atoms with Gasteiger partial charge in [-0.3, -0.25) is 9.59 Å². The molecule has 4 nitrogen and oxygen atoms in total. The Morgan fingerprint density at radius 1 is 0.793 bits per heavy atom. The van der Waals surface area contributed by atoms with E-state index in [2.05, 4.69) is 0 Å². The van der Waals surface area contributed by atoms with Crippen molar-refractivity contribution < 1.29 is 94.0 Å². The molecule has 0 aliphatic heterocycles. The zero-order valence-electron chi connectivity index (χ0n) is 16.3. The first-order valence-corrected chi connectivity index (χ1v) is 8.90. The molecule has 0 radical (unpaired) electrons. The van der Waals surface area contributed by atoms with Gasteiger partial charge in [0.15, 0.2) is 0 Å². The number of nitrogens with one attached hydrogen (secondary N) is 2. The number of hydrogen-bond donors (Lipinski definition) is 2. The standard InChI is InChI=1S/C11H14FNO.C10H12FNO.2Ar/c1-2-10(11(14)13-12)8-9-6-4-3-5-7-9;1-8(10(13)12-11)7-9-5-3-2-4-6-9;;/h3-7,10H,2,8H2,1H3,(H,13,14);2-6,8H,7H2,1H3,(H,12,13);;/t10-;8-;;/m00../s1. The Morgan fingerprint density at radius 3 is 1.59 bits per heavy atom. The second-order valence-corrected chi connectivity index (χ2v) is 6.30. The van der Waals surface area contributed by atoms with Crippen molar-refractivity contribution in [1.82, 2.24) is 11.1 Å². The van der Waals surface area contributed by atoms with Crippen molar-refractivity contribution in [2.75, 3.05) is 0 Å². The molecule has 162 valence electrons. The molecular weight excluding hydrogens is 430 g/mol. The predicted molar refractivity (Wildman–Crippen MR) is 102 cm³/mol. The summed E-state index contributed by atoms with van der Waals surface area (Å²) in [6, 6.07) is 19.2. The number of halogens is 2. The normalized spacial score (nSPS) is 11.3. The molecule has 0 bridgehead atoms. The van der Waals surface area contributed by atoms with Crippen molar-refractivity contribution in [2.24, 2.45) is 11.8 Å². The second kappa shape index (κ2) is 18.5. The zero-order chi connectivity index (χ0) is 20.1. The van der Waals surface area contributed by atoms with Gasteiger partial charge in [-0.1, -0.05) is 74.5 Å². The molecule has 2 aromatic rings. The van der Waals surface area contributed by atoms with E-state index in [1.54, 1.807) is 6.92 Å². The molecule has 2 atom stereocenters. The Labute approximate surface area is 231 Å². The van der Waals surface area contributed by atoms with Crippen molar-refractivity contribution in [3.63, 3.8) is 0 Å². The van der Waals surface area contributed by atoms with Crippen LogP contribution in [0.4, 0.5) is 8.96 Å². The molecule has 29 heavy (non-hydrogen) atoms. The molecule has 0 heterocycles. The monoisotopic (exact) mass is 456 g/mol. The SMILES string of the molecule is CC[C@@H](Cc1ccccc1)C(=O)NF.C[C@@H](Cc1ccccc1)C(=O)NF.[Ar].[Ar]. The first-order valence-electron chi connectivity index (χ1n) is 8.90. The van der Waals surface area contributed by atoms with E-state index in [-0.39, 0.29) is 87.3 Å². The topological polar surface area (TPSA) is 58.2 Å². The number of hydrogen-bond acceptors (Lipinski definition) is 2. The molecule has 2 amide bonds. The Morgan fingerprint density at radius 2 is 1.21 bits per heavy atom. The van der Waals surface area contributed by atoms with Gasteiger partial charge >= 0.3 is 0 Å². The van der Waals surface area contributed by atoms with E-state index < -0.39 is 11.8 Å². The van der Waals surface area contributed by atoms with Crippen LogP contribution < -0.4 is 11.1 Å².